The van der Waals surface area contributed by atoms with Gasteiger partial charge in [0.1, 0.15) is 12.4 Å². The number of rotatable bonds is 6. The summed E-state index contributed by atoms with van der Waals surface area (Å²) in [6.07, 6.45) is -1.08. The van der Waals surface area contributed by atoms with Gasteiger partial charge in [-0.2, -0.15) is 13.2 Å². The van der Waals surface area contributed by atoms with Crippen LogP contribution in [-0.4, -0.2) is 55.7 Å². The third-order valence-corrected chi connectivity index (χ3v) is 4.50. The van der Waals surface area contributed by atoms with E-state index in [4.69, 9.17) is 11.5 Å². The van der Waals surface area contributed by atoms with Gasteiger partial charge < -0.3 is 21.7 Å². The van der Waals surface area contributed by atoms with Crippen LogP contribution >= 0.6 is 0 Å². The lowest BCUT2D eigenvalue weighted by Crippen LogP contribution is -2.42. The predicted octanol–water partition coefficient (Wildman–Crippen LogP) is 2.33. The molecule has 0 saturated heterocycles. The second-order valence-electron chi connectivity index (χ2n) is 6.67. The van der Waals surface area contributed by atoms with Crippen molar-refractivity contribution < 1.29 is 18.0 Å². The summed E-state index contributed by atoms with van der Waals surface area (Å²) in [5, 5.41) is 2.40. The first kappa shape index (κ1) is 23.0. The Hall–Kier alpha value is -3.30. The molecular weight excluding hydrogens is 397 g/mol. The molecule has 2 rings (SSSR count). The van der Waals surface area contributed by atoms with E-state index in [1.54, 1.807) is 37.5 Å². The van der Waals surface area contributed by atoms with E-state index in [-0.39, 0.29) is 24.7 Å². The van der Waals surface area contributed by atoms with Crippen molar-refractivity contribution >= 4 is 29.2 Å². The van der Waals surface area contributed by atoms with Crippen molar-refractivity contribution in [3.05, 3.63) is 47.3 Å². The van der Waals surface area contributed by atoms with Gasteiger partial charge in [0.2, 0.25) is 5.91 Å². The van der Waals surface area contributed by atoms with Crippen LogP contribution in [0.3, 0.4) is 0 Å². The first-order valence-corrected chi connectivity index (χ1v) is 9.21. The van der Waals surface area contributed by atoms with Gasteiger partial charge in [0.15, 0.2) is 0 Å². The number of benzene rings is 1. The lowest BCUT2D eigenvalue weighted by atomic mass is 10.0. The minimum Gasteiger partial charge on any atom is -0.404 e. The van der Waals surface area contributed by atoms with Crippen molar-refractivity contribution in [2.45, 2.75) is 19.5 Å². The Morgan fingerprint density at radius 1 is 1.30 bits per heavy atom. The molecule has 5 N–H and O–H groups in total. The number of hydrogen-bond acceptors (Lipinski definition) is 5. The number of nitrogens with one attached hydrogen (secondary N) is 1. The minimum absolute atomic E-state index is 0.0584. The molecule has 7 nitrogen and oxygen atoms in total. The number of nitrogens with two attached hydrogens (primary N) is 2. The Bertz CT molecular complexity index is 885. The molecule has 10 heteroatoms. The van der Waals surface area contributed by atoms with E-state index in [0.29, 0.717) is 23.5 Å². The number of nitrogens with zero attached hydrogens (tertiary/aromatic N) is 3. The molecule has 1 amide bonds. The number of amides is 1. The largest absolute Gasteiger partial charge is 0.405 e. The van der Waals surface area contributed by atoms with Crippen LogP contribution in [0, 0.1) is 0 Å². The molecule has 1 aromatic rings. The normalized spacial score (nSPS) is 16.4. The monoisotopic (exact) mass is 422 g/mol. The van der Waals surface area contributed by atoms with Gasteiger partial charge in [-0.05, 0) is 17.7 Å². The highest BCUT2D eigenvalue weighted by Crippen LogP contribution is 2.22. The molecule has 1 aromatic carbocycles. The number of aliphatic imine (C=N–C) groups is 2. The van der Waals surface area contributed by atoms with Crippen LogP contribution in [0.1, 0.15) is 18.9 Å². The fraction of sp³-hybridized carbons (Fsp3) is 0.350. The number of carbonyl (C=O) groups is 1. The van der Waals surface area contributed by atoms with Crippen LogP contribution < -0.4 is 16.8 Å². The molecule has 162 valence electrons. The van der Waals surface area contributed by atoms with Crippen molar-refractivity contribution in [3.8, 4) is 0 Å². The van der Waals surface area contributed by atoms with E-state index in [1.807, 2.05) is 0 Å². The fourth-order valence-corrected chi connectivity index (χ4v) is 2.96. The van der Waals surface area contributed by atoms with Gasteiger partial charge >= 0.3 is 6.18 Å². The number of hydrogen-bond donors (Lipinski definition) is 3. The van der Waals surface area contributed by atoms with E-state index in [2.05, 4.69) is 15.3 Å². The molecule has 1 aliphatic heterocycles. The number of alkyl halides is 3. The lowest BCUT2D eigenvalue weighted by Gasteiger charge is -2.30. The molecule has 0 spiro atoms. The summed E-state index contributed by atoms with van der Waals surface area (Å²) in [5.41, 5.74) is 14.5. The van der Waals surface area contributed by atoms with Crippen LogP contribution in [0.25, 0.3) is 5.57 Å². The SMILES string of the molecule is CN=CC(=CN)c1ccc(N=C(N)C2=C(NCC(F)(F)F)CCN(C(C)=O)C2)cc1. The van der Waals surface area contributed by atoms with Gasteiger partial charge in [-0.3, -0.25) is 9.79 Å². The van der Waals surface area contributed by atoms with Crippen LogP contribution in [0.15, 0.2) is 51.7 Å². The molecule has 0 aromatic heterocycles. The Balaban J connectivity index is 2.32. The molecule has 0 saturated carbocycles. The molecule has 30 heavy (non-hydrogen) atoms. The molecule has 0 unspecified atom stereocenters. The van der Waals surface area contributed by atoms with Crippen molar-refractivity contribution in [1.82, 2.24) is 10.2 Å². The standard InChI is InChI=1S/C20H25F3N6O/c1-13(30)29-8-7-18(27-12-20(21,22)23)17(11-29)19(25)28-16-5-3-14(4-6-16)15(9-24)10-26-2/h3-6,9-10,27H,7-8,11-12,24H2,1-2H3,(H2,25,28). The average molecular weight is 422 g/mol. The summed E-state index contributed by atoms with van der Waals surface area (Å²) in [5.74, 6) is -0.124. The molecule has 0 radical (unpaired) electrons. The number of carbonyl (C=O) groups excluding carboxylic acids is 1. The number of allylic oxidation sites excluding steroid dienone is 1. The van der Waals surface area contributed by atoms with E-state index < -0.39 is 12.7 Å². The zero-order valence-corrected chi connectivity index (χ0v) is 16.8. The summed E-state index contributed by atoms with van der Waals surface area (Å²) in [4.78, 5) is 21.5. The summed E-state index contributed by atoms with van der Waals surface area (Å²) in [7, 11) is 1.63. The fourth-order valence-electron chi connectivity index (χ4n) is 2.96. The Labute approximate surface area is 173 Å². The van der Waals surface area contributed by atoms with Gasteiger partial charge in [0.05, 0.1) is 12.2 Å². The van der Waals surface area contributed by atoms with E-state index >= 15 is 0 Å². The van der Waals surface area contributed by atoms with Gasteiger partial charge in [0, 0.05) is 56.2 Å². The maximum Gasteiger partial charge on any atom is 0.405 e. The third-order valence-electron chi connectivity index (χ3n) is 4.50. The van der Waals surface area contributed by atoms with E-state index in [0.717, 1.165) is 11.1 Å². The molecule has 0 fully saturated rings. The highest BCUT2D eigenvalue weighted by Gasteiger charge is 2.29. The maximum atomic E-state index is 12.6. The van der Waals surface area contributed by atoms with Crippen molar-refractivity contribution in [2.75, 3.05) is 26.7 Å². The van der Waals surface area contributed by atoms with Gasteiger partial charge in [-0.15, -0.1) is 0 Å². The second-order valence-corrected chi connectivity index (χ2v) is 6.67. The molecule has 1 aliphatic rings. The average Bonchev–Trinajstić information content (AvgIpc) is 2.70. The number of amidine groups is 1. The molecule has 0 aliphatic carbocycles. The summed E-state index contributed by atoms with van der Waals surface area (Å²) >= 11 is 0. The van der Waals surface area contributed by atoms with Crippen LogP contribution in [0.2, 0.25) is 0 Å². The summed E-state index contributed by atoms with van der Waals surface area (Å²) < 4.78 is 37.9. The third kappa shape index (κ3) is 6.36. The van der Waals surface area contributed by atoms with Crippen molar-refractivity contribution in [1.29, 1.82) is 0 Å². The topological polar surface area (TPSA) is 109 Å². The zero-order valence-electron chi connectivity index (χ0n) is 16.8. The van der Waals surface area contributed by atoms with Gasteiger partial charge in [-0.1, -0.05) is 12.1 Å². The molecular formula is C20H25F3N6O. The van der Waals surface area contributed by atoms with Crippen LogP contribution in [-0.2, 0) is 4.79 Å². The van der Waals surface area contributed by atoms with Crippen molar-refractivity contribution in [2.24, 2.45) is 21.5 Å². The Morgan fingerprint density at radius 3 is 2.50 bits per heavy atom. The smallest absolute Gasteiger partial charge is 0.404 e. The molecule has 0 atom stereocenters. The second kappa shape index (κ2) is 9.95. The number of halogens is 3. The summed E-state index contributed by atoms with van der Waals surface area (Å²) in [6.45, 7) is 0.630. The van der Waals surface area contributed by atoms with Gasteiger partial charge in [-0.25, -0.2) is 4.99 Å². The highest BCUT2D eigenvalue weighted by molar-refractivity contribution is 6.09. The first-order valence-electron chi connectivity index (χ1n) is 9.21. The molecule has 0 bridgehead atoms. The lowest BCUT2D eigenvalue weighted by molar-refractivity contribution is -0.129. The quantitative estimate of drug-likeness (QED) is 0.483. The maximum absolute atomic E-state index is 12.6. The first-order chi connectivity index (χ1) is 14.1. The highest BCUT2D eigenvalue weighted by atomic mass is 19.4. The van der Waals surface area contributed by atoms with Crippen molar-refractivity contribution in [3.63, 3.8) is 0 Å². The zero-order chi connectivity index (χ0) is 22.3. The van der Waals surface area contributed by atoms with Crippen LogP contribution in [0.4, 0.5) is 18.9 Å². The molecule has 1 heterocycles. The predicted molar refractivity (Wildman–Crippen MR) is 112 cm³/mol. The summed E-state index contributed by atoms with van der Waals surface area (Å²) in [6, 6.07) is 6.99. The van der Waals surface area contributed by atoms with Gasteiger partial charge in [0.25, 0.3) is 0 Å². The van der Waals surface area contributed by atoms with E-state index in [1.165, 1.54) is 18.0 Å². The van der Waals surface area contributed by atoms with E-state index in [9.17, 15) is 18.0 Å². The van der Waals surface area contributed by atoms with Crippen LogP contribution in [0.5, 0.6) is 0 Å². The minimum atomic E-state index is -4.37. The Morgan fingerprint density at radius 2 is 1.97 bits per heavy atom. The Kier molecular flexibility index (Phi) is 7.62.